The number of para-hydroxylation sites is 2. The van der Waals surface area contributed by atoms with E-state index in [0.717, 1.165) is 36.4 Å². The molecule has 3 rings (SSSR count). The van der Waals surface area contributed by atoms with Gasteiger partial charge < -0.3 is 15.4 Å². The molecular formula is C15H20N4O. The molecule has 0 spiro atoms. The summed E-state index contributed by atoms with van der Waals surface area (Å²) in [7, 11) is 1.76. The molecule has 2 atom stereocenters. The van der Waals surface area contributed by atoms with Crippen molar-refractivity contribution in [1.82, 2.24) is 9.97 Å². The Labute approximate surface area is 118 Å². The summed E-state index contributed by atoms with van der Waals surface area (Å²) >= 11 is 0. The van der Waals surface area contributed by atoms with Crippen LogP contribution in [-0.4, -0.2) is 36.3 Å². The fourth-order valence-corrected chi connectivity index (χ4v) is 2.77. The number of benzene rings is 1. The molecule has 1 aromatic carbocycles. The van der Waals surface area contributed by atoms with Crippen molar-refractivity contribution in [2.45, 2.75) is 19.4 Å². The first-order valence-electron chi connectivity index (χ1n) is 6.99. The van der Waals surface area contributed by atoms with Crippen LogP contribution < -0.4 is 10.6 Å². The van der Waals surface area contributed by atoms with E-state index in [4.69, 9.17) is 10.5 Å². The number of nitrogens with zero attached hydrogens (tertiary/aromatic N) is 3. The molecule has 0 radical (unpaired) electrons. The molecule has 1 fully saturated rings. The lowest BCUT2D eigenvalue weighted by Crippen LogP contribution is -2.44. The second kappa shape index (κ2) is 5.25. The van der Waals surface area contributed by atoms with Crippen LogP contribution in [0.15, 0.2) is 24.3 Å². The van der Waals surface area contributed by atoms with Gasteiger partial charge in [0, 0.05) is 20.2 Å². The molecule has 0 saturated carbocycles. The average Bonchev–Trinajstić information content (AvgIpc) is 2.47. The summed E-state index contributed by atoms with van der Waals surface area (Å²) in [6.07, 6.45) is 1.29. The van der Waals surface area contributed by atoms with Crippen molar-refractivity contribution >= 4 is 22.7 Å². The van der Waals surface area contributed by atoms with E-state index in [1.54, 1.807) is 7.11 Å². The molecule has 1 aliphatic heterocycles. The van der Waals surface area contributed by atoms with Crippen LogP contribution in [-0.2, 0) is 4.74 Å². The third-order valence-corrected chi connectivity index (χ3v) is 4.07. The number of hydrogen-bond acceptors (Lipinski definition) is 5. The van der Waals surface area contributed by atoms with Crippen molar-refractivity contribution in [2.75, 3.05) is 30.8 Å². The molecule has 2 heterocycles. The standard InChI is InChI=1S/C15H20N4O/c1-10-7-8-19(9-13(10)20-2)15-14(16)17-11-5-3-4-6-12(11)18-15/h3-6,10,13H,7-9H2,1-2H3,(H2,16,17). The zero-order valence-corrected chi connectivity index (χ0v) is 11.9. The highest BCUT2D eigenvalue weighted by atomic mass is 16.5. The maximum atomic E-state index is 6.08. The number of aromatic nitrogens is 2. The van der Waals surface area contributed by atoms with Crippen molar-refractivity contribution in [3.05, 3.63) is 24.3 Å². The molecule has 106 valence electrons. The minimum atomic E-state index is 0.219. The Balaban J connectivity index is 1.95. The van der Waals surface area contributed by atoms with E-state index in [1.807, 2.05) is 24.3 Å². The van der Waals surface area contributed by atoms with Gasteiger partial charge in [-0.3, -0.25) is 0 Å². The summed E-state index contributed by atoms with van der Waals surface area (Å²) in [5.74, 6) is 1.83. The van der Waals surface area contributed by atoms with Crippen LogP contribution >= 0.6 is 0 Å². The van der Waals surface area contributed by atoms with Gasteiger partial charge in [0.2, 0.25) is 0 Å². The van der Waals surface area contributed by atoms with Crippen LogP contribution in [0.25, 0.3) is 11.0 Å². The monoisotopic (exact) mass is 272 g/mol. The first-order valence-corrected chi connectivity index (χ1v) is 6.99. The molecule has 1 aromatic heterocycles. The first-order chi connectivity index (χ1) is 9.69. The summed E-state index contributed by atoms with van der Waals surface area (Å²) in [6.45, 7) is 3.98. The summed E-state index contributed by atoms with van der Waals surface area (Å²) < 4.78 is 5.55. The maximum Gasteiger partial charge on any atom is 0.172 e. The predicted octanol–water partition coefficient (Wildman–Crippen LogP) is 2.07. The molecular weight excluding hydrogens is 252 g/mol. The lowest BCUT2D eigenvalue weighted by molar-refractivity contribution is 0.0497. The summed E-state index contributed by atoms with van der Waals surface area (Å²) in [4.78, 5) is 11.3. The predicted molar refractivity (Wildman–Crippen MR) is 80.7 cm³/mol. The molecule has 2 N–H and O–H groups in total. The van der Waals surface area contributed by atoms with Crippen LogP contribution in [0.3, 0.4) is 0 Å². The van der Waals surface area contributed by atoms with Gasteiger partial charge in [-0.25, -0.2) is 9.97 Å². The highest BCUT2D eigenvalue weighted by Crippen LogP contribution is 2.28. The molecule has 1 saturated heterocycles. The molecule has 5 heteroatoms. The maximum absolute atomic E-state index is 6.08. The fraction of sp³-hybridized carbons (Fsp3) is 0.467. The lowest BCUT2D eigenvalue weighted by atomic mass is 9.96. The van der Waals surface area contributed by atoms with Gasteiger partial charge in [-0.1, -0.05) is 19.1 Å². The number of rotatable bonds is 2. The quantitative estimate of drug-likeness (QED) is 0.906. The zero-order chi connectivity index (χ0) is 14.1. The van der Waals surface area contributed by atoms with Crippen molar-refractivity contribution < 1.29 is 4.74 Å². The van der Waals surface area contributed by atoms with Gasteiger partial charge in [0.15, 0.2) is 11.6 Å². The smallest absolute Gasteiger partial charge is 0.172 e. The van der Waals surface area contributed by atoms with Gasteiger partial charge in [-0.2, -0.15) is 0 Å². The Kier molecular flexibility index (Phi) is 3.44. The normalized spacial score (nSPS) is 23.2. The average molecular weight is 272 g/mol. The van der Waals surface area contributed by atoms with Gasteiger partial charge in [-0.05, 0) is 24.5 Å². The Morgan fingerprint density at radius 1 is 1.25 bits per heavy atom. The minimum Gasteiger partial charge on any atom is -0.381 e. The minimum absolute atomic E-state index is 0.219. The van der Waals surface area contributed by atoms with Crippen molar-refractivity contribution in [3.8, 4) is 0 Å². The number of methoxy groups -OCH3 is 1. The van der Waals surface area contributed by atoms with Gasteiger partial charge >= 0.3 is 0 Å². The van der Waals surface area contributed by atoms with E-state index < -0.39 is 0 Å². The number of ether oxygens (including phenoxy) is 1. The SMILES string of the molecule is COC1CN(c2nc3ccccc3nc2N)CCC1C. The third kappa shape index (κ3) is 2.29. The number of nitrogen functional groups attached to an aromatic ring is 1. The van der Waals surface area contributed by atoms with Crippen LogP contribution in [0.4, 0.5) is 11.6 Å². The fourth-order valence-electron chi connectivity index (χ4n) is 2.77. The summed E-state index contributed by atoms with van der Waals surface area (Å²) in [5, 5.41) is 0. The number of fused-ring (bicyclic) bond motifs is 1. The third-order valence-electron chi connectivity index (χ3n) is 4.07. The largest absolute Gasteiger partial charge is 0.381 e. The molecule has 1 aliphatic rings. The van der Waals surface area contributed by atoms with Crippen molar-refractivity contribution in [3.63, 3.8) is 0 Å². The van der Waals surface area contributed by atoms with Crippen LogP contribution in [0.1, 0.15) is 13.3 Å². The molecule has 0 aliphatic carbocycles. The second-order valence-electron chi connectivity index (χ2n) is 5.41. The molecule has 5 nitrogen and oxygen atoms in total. The molecule has 0 bridgehead atoms. The Bertz CT molecular complexity index is 616. The van der Waals surface area contributed by atoms with Gasteiger partial charge in [0.25, 0.3) is 0 Å². The number of anilines is 2. The van der Waals surface area contributed by atoms with E-state index in [9.17, 15) is 0 Å². The Morgan fingerprint density at radius 2 is 1.95 bits per heavy atom. The number of piperidine rings is 1. The van der Waals surface area contributed by atoms with E-state index in [-0.39, 0.29) is 6.10 Å². The highest BCUT2D eigenvalue weighted by Gasteiger charge is 2.28. The summed E-state index contributed by atoms with van der Waals surface area (Å²) in [6, 6.07) is 7.80. The second-order valence-corrected chi connectivity index (χ2v) is 5.41. The van der Waals surface area contributed by atoms with Gasteiger partial charge in [0.1, 0.15) is 0 Å². The zero-order valence-electron chi connectivity index (χ0n) is 11.9. The first kappa shape index (κ1) is 13.1. The van der Waals surface area contributed by atoms with Crippen molar-refractivity contribution in [1.29, 1.82) is 0 Å². The van der Waals surface area contributed by atoms with E-state index >= 15 is 0 Å². The van der Waals surface area contributed by atoms with Gasteiger partial charge in [-0.15, -0.1) is 0 Å². The molecule has 0 amide bonds. The van der Waals surface area contributed by atoms with E-state index in [0.29, 0.717) is 11.7 Å². The van der Waals surface area contributed by atoms with E-state index in [1.165, 1.54) is 0 Å². The van der Waals surface area contributed by atoms with Crippen LogP contribution in [0, 0.1) is 5.92 Å². The molecule has 20 heavy (non-hydrogen) atoms. The van der Waals surface area contributed by atoms with Crippen molar-refractivity contribution in [2.24, 2.45) is 5.92 Å². The highest BCUT2D eigenvalue weighted by molar-refractivity contribution is 5.79. The lowest BCUT2D eigenvalue weighted by Gasteiger charge is -2.37. The number of nitrogens with two attached hydrogens (primary N) is 1. The summed E-state index contributed by atoms with van der Waals surface area (Å²) in [5.41, 5.74) is 7.80. The molecule has 2 unspecified atom stereocenters. The Morgan fingerprint density at radius 3 is 2.65 bits per heavy atom. The Hall–Kier alpha value is -1.88. The van der Waals surface area contributed by atoms with Crippen LogP contribution in [0.2, 0.25) is 0 Å². The van der Waals surface area contributed by atoms with E-state index in [2.05, 4.69) is 21.8 Å². The van der Waals surface area contributed by atoms with Gasteiger partial charge in [0.05, 0.1) is 17.1 Å². The molecule has 2 aromatic rings. The van der Waals surface area contributed by atoms with Crippen LogP contribution in [0.5, 0.6) is 0 Å². The number of hydrogen-bond donors (Lipinski definition) is 1. The topological polar surface area (TPSA) is 64.3 Å².